The highest BCUT2D eigenvalue weighted by molar-refractivity contribution is 7.89. The molecule has 1 aromatic heterocycles. The number of nitrogens with zero attached hydrogens (tertiary/aromatic N) is 3. The summed E-state index contributed by atoms with van der Waals surface area (Å²) in [5, 5.41) is 0. The molecule has 1 amide bonds. The lowest BCUT2D eigenvalue weighted by molar-refractivity contribution is -0.119. The number of hydrogen-bond donors (Lipinski definition) is 0. The molecule has 0 saturated carbocycles. The number of hydrogen-bond acceptors (Lipinski definition) is 7. The van der Waals surface area contributed by atoms with Crippen LogP contribution in [-0.4, -0.2) is 67.2 Å². The van der Waals surface area contributed by atoms with Crippen LogP contribution < -0.4 is 10.5 Å². The summed E-state index contributed by atoms with van der Waals surface area (Å²) >= 11 is 0. The Morgan fingerprint density at radius 3 is 2.56 bits per heavy atom. The van der Waals surface area contributed by atoms with Crippen LogP contribution in [0.25, 0.3) is 11.1 Å². The molecule has 0 radical (unpaired) electrons. The zero-order valence-electron chi connectivity index (χ0n) is 18.3. The minimum Gasteiger partial charge on any atom is -0.493 e. The first kappa shape index (κ1) is 23.6. The Balaban J connectivity index is 1.63. The lowest BCUT2D eigenvalue weighted by Gasteiger charge is -2.31. The first-order chi connectivity index (χ1) is 16.2. The third-order valence-electron chi connectivity index (χ3n) is 5.54. The molecule has 0 spiro atoms. The number of rotatable bonds is 8. The van der Waals surface area contributed by atoms with Crippen LogP contribution in [0.15, 0.2) is 50.5 Å². The van der Waals surface area contributed by atoms with Crippen LogP contribution in [0.3, 0.4) is 0 Å². The fraction of sp³-hybridized carbons (Fsp3) is 0.318. The summed E-state index contributed by atoms with van der Waals surface area (Å²) in [5.74, 6) is -1.86. The van der Waals surface area contributed by atoms with Crippen molar-refractivity contribution < 1.29 is 31.6 Å². The van der Waals surface area contributed by atoms with E-state index in [2.05, 4.69) is 0 Å². The van der Waals surface area contributed by atoms with Gasteiger partial charge in [-0.1, -0.05) is 0 Å². The molecule has 0 N–H and O–H groups in total. The maximum atomic E-state index is 13.7. The Hall–Kier alpha value is -3.51. The molecule has 10 nitrogen and oxygen atoms in total. The molecule has 2 aromatic carbocycles. The Morgan fingerprint density at radius 1 is 1.15 bits per heavy atom. The number of benzene rings is 2. The van der Waals surface area contributed by atoms with Crippen molar-refractivity contribution in [2.45, 2.75) is 18.4 Å². The second-order valence-electron chi connectivity index (χ2n) is 7.63. The van der Waals surface area contributed by atoms with E-state index in [1.54, 1.807) is 6.92 Å². The number of Topliss-reactive ketones (excluding diaryl/α,β-unsaturated/α-hetero) is 1. The molecule has 3 aromatic rings. The SMILES string of the molecule is CCOc1ccc(F)cc1C(=O)Cn1c(=O)oc2cc(S(=O)(=O)N3CCN(C=O)CC3)ccc21. The van der Waals surface area contributed by atoms with E-state index < -0.39 is 33.9 Å². The second kappa shape index (κ2) is 9.39. The van der Waals surface area contributed by atoms with Crippen LogP contribution in [0, 0.1) is 5.82 Å². The first-order valence-corrected chi connectivity index (χ1v) is 12.0. The van der Waals surface area contributed by atoms with Crippen molar-refractivity contribution in [1.29, 1.82) is 0 Å². The topological polar surface area (TPSA) is 119 Å². The van der Waals surface area contributed by atoms with Gasteiger partial charge in [0.1, 0.15) is 11.6 Å². The number of carbonyl (C=O) groups is 2. The quantitative estimate of drug-likeness (QED) is 0.346. The van der Waals surface area contributed by atoms with Gasteiger partial charge in [-0.05, 0) is 37.3 Å². The minimum atomic E-state index is -3.88. The molecular weight excluding hydrogens is 469 g/mol. The smallest absolute Gasteiger partial charge is 0.420 e. The molecule has 4 rings (SSSR count). The summed E-state index contributed by atoms with van der Waals surface area (Å²) in [6.07, 6.45) is 0.676. The van der Waals surface area contributed by atoms with E-state index in [-0.39, 0.29) is 60.1 Å². The number of halogens is 1. The predicted molar refractivity (Wildman–Crippen MR) is 119 cm³/mol. The monoisotopic (exact) mass is 491 g/mol. The Labute approximate surface area is 194 Å². The van der Waals surface area contributed by atoms with Crippen molar-refractivity contribution >= 4 is 33.3 Å². The Kier molecular flexibility index (Phi) is 6.53. The van der Waals surface area contributed by atoms with Crippen molar-refractivity contribution in [2.75, 3.05) is 32.8 Å². The summed E-state index contributed by atoms with van der Waals surface area (Å²) < 4.78 is 52.6. The number of ketones is 1. The molecule has 34 heavy (non-hydrogen) atoms. The summed E-state index contributed by atoms with van der Waals surface area (Å²) in [6.45, 7) is 2.39. The van der Waals surface area contributed by atoms with Gasteiger partial charge in [0.2, 0.25) is 16.4 Å². The summed E-state index contributed by atoms with van der Waals surface area (Å²) in [4.78, 5) is 37.6. The van der Waals surface area contributed by atoms with Crippen molar-refractivity contribution in [1.82, 2.24) is 13.8 Å². The van der Waals surface area contributed by atoms with Gasteiger partial charge in [0, 0.05) is 32.2 Å². The van der Waals surface area contributed by atoms with E-state index in [0.717, 1.165) is 10.6 Å². The normalized spacial score (nSPS) is 14.9. The third-order valence-corrected chi connectivity index (χ3v) is 7.44. The summed E-state index contributed by atoms with van der Waals surface area (Å²) in [5.41, 5.74) is 0.198. The minimum absolute atomic E-state index is 0.00493. The van der Waals surface area contributed by atoms with Crippen molar-refractivity contribution in [3.63, 3.8) is 0 Å². The molecule has 1 fully saturated rings. The fourth-order valence-electron chi connectivity index (χ4n) is 3.79. The second-order valence-corrected chi connectivity index (χ2v) is 9.56. The first-order valence-electron chi connectivity index (χ1n) is 10.5. The zero-order valence-corrected chi connectivity index (χ0v) is 19.1. The molecule has 1 aliphatic rings. The fourth-order valence-corrected chi connectivity index (χ4v) is 5.22. The number of sulfonamides is 1. The highest BCUT2D eigenvalue weighted by Gasteiger charge is 2.29. The largest absolute Gasteiger partial charge is 0.493 e. The molecule has 0 atom stereocenters. The molecule has 180 valence electrons. The van der Waals surface area contributed by atoms with Gasteiger partial charge in [0.25, 0.3) is 0 Å². The summed E-state index contributed by atoms with van der Waals surface area (Å²) in [6, 6.07) is 7.49. The van der Waals surface area contributed by atoms with Crippen LogP contribution in [0.2, 0.25) is 0 Å². The van der Waals surface area contributed by atoms with E-state index in [4.69, 9.17) is 9.15 Å². The van der Waals surface area contributed by atoms with Gasteiger partial charge in [-0.2, -0.15) is 4.31 Å². The number of piperazine rings is 1. The van der Waals surface area contributed by atoms with Gasteiger partial charge < -0.3 is 14.1 Å². The van der Waals surface area contributed by atoms with E-state index in [1.807, 2.05) is 0 Å². The van der Waals surface area contributed by atoms with E-state index >= 15 is 0 Å². The van der Waals surface area contributed by atoms with E-state index in [1.165, 1.54) is 39.5 Å². The lowest BCUT2D eigenvalue weighted by atomic mass is 10.1. The average Bonchev–Trinajstić information content (AvgIpc) is 3.14. The number of fused-ring (bicyclic) bond motifs is 1. The van der Waals surface area contributed by atoms with E-state index in [9.17, 15) is 27.2 Å². The zero-order chi connectivity index (χ0) is 24.5. The maximum Gasteiger partial charge on any atom is 0.420 e. The third kappa shape index (κ3) is 4.46. The molecule has 12 heteroatoms. The molecule has 1 aliphatic heterocycles. The molecule has 0 bridgehead atoms. The number of carbonyl (C=O) groups excluding carboxylic acids is 2. The predicted octanol–water partition coefficient (Wildman–Crippen LogP) is 1.48. The molecule has 0 aliphatic carbocycles. The van der Waals surface area contributed by atoms with Gasteiger partial charge in [-0.15, -0.1) is 0 Å². The highest BCUT2D eigenvalue weighted by Crippen LogP contribution is 2.24. The molecule has 1 saturated heterocycles. The molecular formula is C22H22FN3O7S. The number of amides is 1. The van der Waals surface area contributed by atoms with Crippen molar-refractivity contribution in [3.05, 3.63) is 58.3 Å². The lowest BCUT2D eigenvalue weighted by Crippen LogP contribution is -2.47. The molecule has 0 unspecified atom stereocenters. The average molecular weight is 491 g/mol. The van der Waals surface area contributed by atoms with E-state index in [0.29, 0.717) is 6.41 Å². The van der Waals surface area contributed by atoms with Crippen molar-refractivity contribution in [3.8, 4) is 5.75 Å². The van der Waals surface area contributed by atoms with Gasteiger partial charge in [0.05, 0.1) is 29.1 Å². The van der Waals surface area contributed by atoms with Gasteiger partial charge in [-0.3, -0.25) is 14.2 Å². The number of ether oxygens (including phenoxy) is 1. The molecule has 2 heterocycles. The Bertz CT molecular complexity index is 1410. The number of aromatic nitrogens is 1. The van der Waals surface area contributed by atoms with Crippen LogP contribution >= 0.6 is 0 Å². The van der Waals surface area contributed by atoms with Gasteiger partial charge in [0.15, 0.2) is 11.4 Å². The standard InChI is InChI=1S/C22H22FN3O7S/c1-2-32-20-6-3-15(23)11-17(20)19(28)13-26-18-5-4-16(12-21(18)33-22(26)29)34(30,31)25-9-7-24(14-27)8-10-25/h3-6,11-12,14H,2,7-10,13H2,1H3. The van der Waals surface area contributed by atoms with Crippen LogP contribution in [0.4, 0.5) is 4.39 Å². The summed E-state index contributed by atoms with van der Waals surface area (Å²) in [7, 11) is -3.88. The van der Waals surface area contributed by atoms with Crippen molar-refractivity contribution in [2.24, 2.45) is 0 Å². The van der Waals surface area contributed by atoms with Gasteiger partial charge >= 0.3 is 5.76 Å². The maximum absolute atomic E-state index is 13.7. The van der Waals surface area contributed by atoms with Crippen LogP contribution in [-0.2, 0) is 21.4 Å². The van der Waals surface area contributed by atoms with Gasteiger partial charge in [-0.25, -0.2) is 17.6 Å². The van der Waals surface area contributed by atoms with Crippen LogP contribution in [0.5, 0.6) is 5.75 Å². The van der Waals surface area contributed by atoms with Crippen LogP contribution in [0.1, 0.15) is 17.3 Å². The number of oxazole rings is 1. The highest BCUT2D eigenvalue weighted by atomic mass is 32.2. The Morgan fingerprint density at radius 2 is 1.88 bits per heavy atom.